The number of benzene rings is 1. The molecule has 0 heterocycles. The van der Waals surface area contributed by atoms with Crippen LogP contribution in [-0.2, 0) is 53.3 Å². The first-order chi connectivity index (χ1) is 24.1. The number of hydrogen-bond acceptors (Lipinski definition) is 12. The predicted molar refractivity (Wildman–Crippen MR) is 182 cm³/mol. The number of aliphatic hydroxyl groups is 9. The van der Waals surface area contributed by atoms with Crippen molar-refractivity contribution >= 4 is 17.7 Å². The summed E-state index contributed by atoms with van der Waals surface area (Å²) in [5, 5.41) is 99.0. The summed E-state index contributed by atoms with van der Waals surface area (Å²) < 4.78 is 0. The standard InChI is InChI=1S/C36H51N3O12/c1-4-19-22(13-37-34(49)16-7-25(40)31(46)26(41)8-16)20(5-2)24(15-39-36(51)18-11-29(44)33(48)30(45)12-18)21(6-3)23(19)14-38-35(50)17-9-27(42)32(47)28(43)10-17/h7,9,11,25-33,40-48H,4-6,8,10,12-15H2,1-3H3,(H,37,49)(H,38,50)(H,39,51)/t25-,26-,27-,28-,29-,30-,31-,32-,33-/m0/s1. The first-order valence-electron chi connectivity index (χ1n) is 17.4. The van der Waals surface area contributed by atoms with E-state index in [0.29, 0.717) is 19.3 Å². The number of amides is 3. The molecule has 0 bridgehead atoms. The second-order valence-corrected chi connectivity index (χ2v) is 13.3. The molecule has 4 rings (SSSR count). The Balaban J connectivity index is 1.71. The van der Waals surface area contributed by atoms with Gasteiger partial charge < -0.3 is 61.9 Å². The minimum Gasteiger partial charge on any atom is -0.390 e. The maximum Gasteiger partial charge on any atom is 0.247 e. The van der Waals surface area contributed by atoms with Crippen LogP contribution in [0.3, 0.4) is 0 Å². The van der Waals surface area contributed by atoms with Crippen LogP contribution in [0.15, 0.2) is 34.9 Å². The summed E-state index contributed by atoms with van der Waals surface area (Å²) in [4.78, 5) is 39.8. The van der Waals surface area contributed by atoms with E-state index in [1.807, 2.05) is 20.8 Å². The van der Waals surface area contributed by atoms with Gasteiger partial charge in [0.1, 0.15) is 36.6 Å². The molecule has 15 nitrogen and oxygen atoms in total. The second kappa shape index (κ2) is 17.3. The van der Waals surface area contributed by atoms with Gasteiger partial charge in [-0.15, -0.1) is 0 Å². The zero-order valence-corrected chi connectivity index (χ0v) is 29.0. The summed E-state index contributed by atoms with van der Waals surface area (Å²) in [7, 11) is 0. The van der Waals surface area contributed by atoms with Crippen molar-refractivity contribution in [3.63, 3.8) is 0 Å². The van der Waals surface area contributed by atoms with Crippen molar-refractivity contribution in [2.75, 3.05) is 0 Å². The molecule has 3 aliphatic rings. The zero-order chi connectivity index (χ0) is 37.7. The summed E-state index contributed by atoms with van der Waals surface area (Å²) in [5.41, 5.74) is 4.99. The quantitative estimate of drug-likeness (QED) is 0.107. The van der Waals surface area contributed by atoms with E-state index in [4.69, 9.17) is 0 Å². The van der Waals surface area contributed by atoms with Crippen LogP contribution in [0.2, 0.25) is 0 Å². The molecule has 1 aromatic rings. The van der Waals surface area contributed by atoms with E-state index in [2.05, 4.69) is 16.0 Å². The van der Waals surface area contributed by atoms with Gasteiger partial charge in [-0.25, -0.2) is 0 Å². The average Bonchev–Trinajstić information content (AvgIpc) is 3.10. The summed E-state index contributed by atoms with van der Waals surface area (Å²) in [6.07, 6.45) is -7.94. The third kappa shape index (κ3) is 8.93. The van der Waals surface area contributed by atoms with Gasteiger partial charge in [0.25, 0.3) is 0 Å². The Morgan fingerprint density at radius 1 is 0.471 bits per heavy atom. The van der Waals surface area contributed by atoms with E-state index in [1.165, 1.54) is 18.2 Å². The highest BCUT2D eigenvalue weighted by Crippen LogP contribution is 2.32. The molecule has 0 saturated heterocycles. The van der Waals surface area contributed by atoms with Crippen molar-refractivity contribution in [1.29, 1.82) is 0 Å². The molecule has 3 amide bonds. The van der Waals surface area contributed by atoms with Crippen molar-refractivity contribution in [2.24, 2.45) is 0 Å². The fraction of sp³-hybridized carbons (Fsp3) is 0.583. The van der Waals surface area contributed by atoms with Crippen LogP contribution in [0.4, 0.5) is 0 Å². The summed E-state index contributed by atoms with van der Waals surface area (Å²) in [6, 6.07) is 0. The van der Waals surface area contributed by atoms with Gasteiger partial charge in [-0.05, 0) is 70.9 Å². The molecule has 0 unspecified atom stereocenters. The van der Waals surface area contributed by atoms with Gasteiger partial charge in [0.05, 0.1) is 18.3 Å². The van der Waals surface area contributed by atoms with E-state index < -0.39 is 72.7 Å². The third-order valence-corrected chi connectivity index (χ3v) is 10.0. The van der Waals surface area contributed by atoms with Crippen molar-refractivity contribution in [2.45, 2.75) is 134 Å². The van der Waals surface area contributed by atoms with Crippen molar-refractivity contribution in [3.05, 3.63) is 68.3 Å². The molecule has 3 aliphatic carbocycles. The van der Waals surface area contributed by atoms with Gasteiger partial charge >= 0.3 is 0 Å². The molecule has 0 saturated carbocycles. The number of rotatable bonds is 12. The van der Waals surface area contributed by atoms with E-state index in [0.717, 1.165) is 33.4 Å². The SMILES string of the molecule is CCc1c(CNC(=O)C2=C[C@H](O)[C@H](O)[C@@H](O)C2)c(CC)c(CNC(=O)C2=C[C@H](O)[C@H](O)[C@@H](O)C2)c(CC)c1CNC(=O)C1=C[C@H](O)[C@H](O)[C@@H](O)C1. The molecule has 0 aromatic heterocycles. The van der Waals surface area contributed by atoms with Gasteiger partial charge in [-0.2, -0.15) is 0 Å². The number of carbonyl (C=O) groups excluding carboxylic acids is 3. The maximum atomic E-state index is 13.3. The number of hydrogen-bond donors (Lipinski definition) is 12. The highest BCUT2D eigenvalue weighted by Gasteiger charge is 2.34. The van der Waals surface area contributed by atoms with Crippen molar-refractivity contribution in [1.82, 2.24) is 16.0 Å². The molecular weight excluding hydrogens is 666 g/mol. The van der Waals surface area contributed by atoms with Crippen LogP contribution in [0, 0.1) is 0 Å². The largest absolute Gasteiger partial charge is 0.390 e. The van der Waals surface area contributed by atoms with Gasteiger partial charge in [0.2, 0.25) is 17.7 Å². The minimum atomic E-state index is -1.42. The number of carbonyl (C=O) groups is 3. The maximum absolute atomic E-state index is 13.3. The molecule has 1 aromatic carbocycles. The number of aliphatic hydroxyl groups excluding tert-OH is 9. The van der Waals surface area contributed by atoms with Gasteiger partial charge in [0, 0.05) is 55.6 Å². The first kappa shape index (κ1) is 40.3. The Morgan fingerprint density at radius 2 is 0.706 bits per heavy atom. The monoisotopic (exact) mass is 717 g/mol. The zero-order valence-electron chi connectivity index (χ0n) is 29.0. The van der Waals surface area contributed by atoms with Crippen LogP contribution >= 0.6 is 0 Å². The fourth-order valence-electron chi connectivity index (χ4n) is 7.20. The average molecular weight is 718 g/mol. The molecule has 0 fully saturated rings. The molecule has 282 valence electrons. The van der Waals surface area contributed by atoms with Crippen molar-refractivity contribution in [3.8, 4) is 0 Å². The van der Waals surface area contributed by atoms with Crippen LogP contribution in [-0.4, -0.2) is 119 Å². The van der Waals surface area contributed by atoms with E-state index in [9.17, 15) is 60.3 Å². The van der Waals surface area contributed by atoms with Gasteiger partial charge in [0.15, 0.2) is 0 Å². The summed E-state index contributed by atoms with van der Waals surface area (Å²) in [6.45, 7) is 5.78. The molecule has 12 N–H and O–H groups in total. The summed E-state index contributed by atoms with van der Waals surface area (Å²) >= 11 is 0. The van der Waals surface area contributed by atoms with Gasteiger partial charge in [-0.1, -0.05) is 20.8 Å². The molecule has 0 spiro atoms. The van der Waals surface area contributed by atoms with Crippen LogP contribution < -0.4 is 16.0 Å². The van der Waals surface area contributed by atoms with E-state index >= 15 is 0 Å². The lowest BCUT2D eigenvalue weighted by atomic mass is 9.82. The van der Waals surface area contributed by atoms with Crippen LogP contribution in [0.5, 0.6) is 0 Å². The topological polar surface area (TPSA) is 269 Å². The highest BCUT2D eigenvalue weighted by atomic mass is 16.4. The van der Waals surface area contributed by atoms with Crippen molar-refractivity contribution < 1.29 is 60.3 Å². The molecular formula is C36H51N3O12. The molecule has 0 radical (unpaired) electrons. The Hall–Kier alpha value is -3.51. The predicted octanol–water partition coefficient (Wildman–Crippen LogP) is -2.54. The van der Waals surface area contributed by atoms with Crippen LogP contribution in [0.25, 0.3) is 0 Å². The minimum absolute atomic E-state index is 0.00596. The number of nitrogens with one attached hydrogen (secondary N) is 3. The lowest BCUT2D eigenvalue weighted by Crippen LogP contribution is -2.42. The molecule has 9 atom stereocenters. The Morgan fingerprint density at radius 3 is 0.902 bits per heavy atom. The Bertz CT molecular complexity index is 1370. The molecule has 0 aliphatic heterocycles. The normalized spacial score (nSPS) is 29.4. The Labute approximate surface area is 296 Å². The van der Waals surface area contributed by atoms with E-state index in [1.54, 1.807) is 0 Å². The summed E-state index contributed by atoms with van der Waals surface area (Å²) in [5.74, 6) is -1.67. The smallest absolute Gasteiger partial charge is 0.247 e. The third-order valence-electron chi connectivity index (χ3n) is 10.0. The first-order valence-corrected chi connectivity index (χ1v) is 17.4. The fourth-order valence-corrected chi connectivity index (χ4v) is 7.20. The lowest BCUT2D eigenvalue weighted by Gasteiger charge is -2.29. The van der Waals surface area contributed by atoms with E-state index in [-0.39, 0.29) is 55.6 Å². The Kier molecular flexibility index (Phi) is 13.7. The molecule has 15 heteroatoms. The van der Waals surface area contributed by atoms with Crippen LogP contribution in [0.1, 0.15) is 73.4 Å². The second-order valence-electron chi connectivity index (χ2n) is 13.3. The lowest BCUT2D eigenvalue weighted by molar-refractivity contribution is -0.120. The van der Waals surface area contributed by atoms with Gasteiger partial charge in [-0.3, -0.25) is 14.4 Å². The molecule has 51 heavy (non-hydrogen) atoms. The highest BCUT2D eigenvalue weighted by molar-refractivity contribution is 5.95.